The minimum Gasteiger partial charge on any atom is -0.388 e. The number of carbonyl (C=O) groups excluding carboxylic acids is 1. The van der Waals surface area contributed by atoms with E-state index in [9.17, 15) is 23.1 Å². The Morgan fingerprint density at radius 1 is 1.48 bits per heavy atom. The highest BCUT2D eigenvalue weighted by Gasteiger charge is 2.39. The molecular formula is C14H20F3N3O3. The maximum Gasteiger partial charge on any atom is 0.433 e. The van der Waals surface area contributed by atoms with Crippen LogP contribution in [0.15, 0.2) is 6.07 Å². The van der Waals surface area contributed by atoms with Gasteiger partial charge in [-0.15, -0.1) is 0 Å². The van der Waals surface area contributed by atoms with Crippen molar-refractivity contribution >= 4 is 5.91 Å². The van der Waals surface area contributed by atoms with E-state index in [4.69, 9.17) is 4.74 Å². The van der Waals surface area contributed by atoms with Gasteiger partial charge in [0.1, 0.15) is 11.8 Å². The number of aliphatic hydroxyl groups excluding tert-OH is 1. The Morgan fingerprint density at radius 2 is 2.13 bits per heavy atom. The molecule has 0 unspecified atom stereocenters. The predicted molar refractivity (Wildman–Crippen MR) is 74.7 cm³/mol. The number of carbonyl (C=O) groups is 1. The summed E-state index contributed by atoms with van der Waals surface area (Å²) in [5.74, 6) is -0.656. The molecule has 1 heterocycles. The lowest BCUT2D eigenvalue weighted by Gasteiger charge is -2.38. The summed E-state index contributed by atoms with van der Waals surface area (Å²) in [5.41, 5.74) is -1.29. The summed E-state index contributed by atoms with van der Waals surface area (Å²) in [6.45, 7) is 0. The average Bonchev–Trinajstić information content (AvgIpc) is 2.88. The highest BCUT2D eigenvalue weighted by Crippen LogP contribution is 2.30. The second-order valence-corrected chi connectivity index (χ2v) is 5.72. The third-order valence-corrected chi connectivity index (χ3v) is 4.27. The van der Waals surface area contributed by atoms with Crippen LogP contribution in [0.2, 0.25) is 0 Å². The number of alkyl halides is 3. The van der Waals surface area contributed by atoms with Crippen LogP contribution < -0.4 is 0 Å². The van der Waals surface area contributed by atoms with Crippen molar-refractivity contribution in [2.45, 2.75) is 43.7 Å². The van der Waals surface area contributed by atoms with Crippen LogP contribution in [0.3, 0.4) is 0 Å². The van der Waals surface area contributed by atoms with Gasteiger partial charge < -0.3 is 14.7 Å². The van der Waals surface area contributed by atoms with E-state index >= 15 is 0 Å². The zero-order chi connectivity index (χ0) is 17.4. The summed E-state index contributed by atoms with van der Waals surface area (Å²) in [7, 11) is 4.07. The molecule has 1 aromatic rings. The lowest BCUT2D eigenvalue weighted by Crippen LogP contribution is -2.52. The summed E-state index contributed by atoms with van der Waals surface area (Å²) in [6, 6.07) is 0.208. The molecule has 9 heteroatoms. The van der Waals surface area contributed by atoms with E-state index < -0.39 is 36.0 Å². The average molecular weight is 335 g/mol. The highest BCUT2D eigenvalue weighted by molar-refractivity contribution is 5.92. The Morgan fingerprint density at radius 3 is 2.65 bits per heavy atom. The van der Waals surface area contributed by atoms with Crippen molar-refractivity contribution in [1.29, 1.82) is 0 Å². The molecule has 1 aliphatic rings. The number of nitrogens with zero attached hydrogens (tertiary/aromatic N) is 3. The van der Waals surface area contributed by atoms with Crippen molar-refractivity contribution in [3.63, 3.8) is 0 Å². The first-order valence-electron chi connectivity index (χ1n) is 7.26. The van der Waals surface area contributed by atoms with Crippen molar-refractivity contribution in [3.8, 4) is 0 Å². The van der Waals surface area contributed by atoms with E-state index in [-0.39, 0.29) is 5.69 Å². The van der Waals surface area contributed by atoms with Gasteiger partial charge in [0, 0.05) is 27.3 Å². The molecule has 3 atom stereocenters. The third kappa shape index (κ3) is 3.50. The summed E-state index contributed by atoms with van der Waals surface area (Å²) in [5, 5.41) is 13.9. The van der Waals surface area contributed by atoms with Gasteiger partial charge in [0.15, 0.2) is 5.69 Å². The molecule has 0 saturated heterocycles. The lowest BCUT2D eigenvalue weighted by molar-refractivity contribution is -0.143. The molecule has 23 heavy (non-hydrogen) atoms. The predicted octanol–water partition coefficient (Wildman–Crippen LogP) is 1.44. The topological polar surface area (TPSA) is 67.6 Å². The molecule has 1 fully saturated rings. The minimum atomic E-state index is -4.58. The molecule has 0 spiro atoms. The molecular weight excluding hydrogens is 315 g/mol. The van der Waals surface area contributed by atoms with Gasteiger partial charge in [0.2, 0.25) is 0 Å². The molecule has 130 valence electrons. The molecule has 1 N–H and O–H groups in total. The number of halogens is 3. The largest absolute Gasteiger partial charge is 0.433 e. The summed E-state index contributed by atoms with van der Waals surface area (Å²) >= 11 is 0. The number of aliphatic hydroxyl groups is 1. The number of aryl methyl sites for hydroxylation is 1. The number of hydrogen-bond donors (Lipinski definition) is 1. The number of methoxy groups -OCH3 is 1. The van der Waals surface area contributed by atoms with Gasteiger partial charge in [-0.05, 0) is 19.3 Å². The van der Waals surface area contributed by atoms with Crippen molar-refractivity contribution in [2.24, 2.45) is 7.05 Å². The van der Waals surface area contributed by atoms with Crippen molar-refractivity contribution in [3.05, 3.63) is 17.5 Å². The number of rotatable bonds is 3. The Bertz CT molecular complexity index is 573. The van der Waals surface area contributed by atoms with E-state index in [1.54, 1.807) is 0 Å². The molecule has 0 aromatic carbocycles. The summed E-state index contributed by atoms with van der Waals surface area (Å²) in [6.07, 6.45) is -3.86. The number of amides is 1. The molecule has 1 aliphatic carbocycles. The Labute approximate surface area is 131 Å². The van der Waals surface area contributed by atoms with E-state index in [0.29, 0.717) is 17.5 Å². The van der Waals surface area contributed by atoms with Crippen LogP contribution in [0.4, 0.5) is 13.2 Å². The first-order chi connectivity index (χ1) is 10.7. The monoisotopic (exact) mass is 335 g/mol. The standard InChI is InChI=1S/C14H20F3N3O3/c1-19(9-5-4-6-10(23-3)12(9)21)13(22)8-7-11(14(15,16)17)20(2)18-8/h7,9-10,12,21H,4-6H2,1-3H3/t9-,10-,12-/m1/s1. The van der Waals surface area contributed by atoms with Crippen LogP contribution >= 0.6 is 0 Å². The van der Waals surface area contributed by atoms with E-state index in [0.717, 1.165) is 19.5 Å². The minimum absolute atomic E-state index is 0.297. The highest BCUT2D eigenvalue weighted by atomic mass is 19.4. The van der Waals surface area contributed by atoms with Crippen LogP contribution in [0.1, 0.15) is 35.4 Å². The Balaban J connectivity index is 2.20. The Kier molecular flexibility index (Phi) is 5.00. The second kappa shape index (κ2) is 6.48. The molecule has 0 radical (unpaired) electrons. The van der Waals surface area contributed by atoms with Crippen LogP contribution in [0, 0.1) is 0 Å². The van der Waals surface area contributed by atoms with Gasteiger partial charge in [0.25, 0.3) is 5.91 Å². The van der Waals surface area contributed by atoms with E-state index in [2.05, 4.69) is 5.10 Å². The molecule has 0 aliphatic heterocycles. The van der Waals surface area contributed by atoms with Gasteiger partial charge >= 0.3 is 6.18 Å². The van der Waals surface area contributed by atoms with Crippen LogP contribution in [0.5, 0.6) is 0 Å². The zero-order valence-electron chi connectivity index (χ0n) is 13.2. The van der Waals surface area contributed by atoms with E-state index in [1.165, 1.54) is 19.1 Å². The first-order valence-corrected chi connectivity index (χ1v) is 7.26. The molecule has 2 rings (SSSR count). The first kappa shape index (κ1) is 17.7. The van der Waals surface area contributed by atoms with Gasteiger partial charge in [0.05, 0.1) is 12.1 Å². The van der Waals surface area contributed by atoms with Gasteiger partial charge in [-0.2, -0.15) is 18.3 Å². The lowest BCUT2D eigenvalue weighted by atomic mass is 9.89. The van der Waals surface area contributed by atoms with Crippen LogP contribution in [-0.4, -0.2) is 58.1 Å². The van der Waals surface area contributed by atoms with Crippen LogP contribution in [-0.2, 0) is 18.0 Å². The van der Waals surface area contributed by atoms with Crippen molar-refractivity contribution in [2.75, 3.05) is 14.2 Å². The smallest absolute Gasteiger partial charge is 0.388 e. The number of aromatic nitrogens is 2. The quantitative estimate of drug-likeness (QED) is 0.908. The summed E-state index contributed by atoms with van der Waals surface area (Å²) in [4.78, 5) is 13.7. The second-order valence-electron chi connectivity index (χ2n) is 5.72. The molecule has 1 amide bonds. The molecule has 1 saturated carbocycles. The fraction of sp³-hybridized carbons (Fsp3) is 0.714. The van der Waals surface area contributed by atoms with E-state index in [1.807, 2.05) is 0 Å². The van der Waals surface area contributed by atoms with Gasteiger partial charge in [-0.25, -0.2) is 0 Å². The fourth-order valence-electron chi connectivity index (χ4n) is 2.97. The fourth-order valence-corrected chi connectivity index (χ4v) is 2.97. The number of hydrogen-bond acceptors (Lipinski definition) is 4. The Hall–Kier alpha value is -1.61. The number of ether oxygens (including phenoxy) is 1. The molecule has 0 bridgehead atoms. The molecule has 6 nitrogen and oxygen atoms in total. The zero-order valence-corrected chi connectivity index (χ0v) is 13.2. The molecule has 1 aromatic heterocycles. The third-order valence-electron chi connectivity index (χ3n) is 4.27. The van der Waals surface area contributed by atoms with Gasteiger partial charge in [-0.3, -0.25) is 9.48 Å². The van der Waals surface area contributed by atoms with Crippen molar-refractivity contribution < 1.29 is 27.8 Å². The van der Waals surface area contributed by atoms with Crippen LogP contribution in [0.25, 0.3) is 0 Å². The summed E-state index contributed by atoms with van der Waals surface area (Å²) < 4.78 is 44.2. The maximum atomic E-state index is 12.8. The van der Waals surface area contributed by atoms with Crippen molar-refractivity contribution in [1.82, 2.24) is 14.7 Å². The van der Waals surface area contributed by atoms with Gasteiger partial charge in [-0.1, -0.05) is 0 Å². The SMILES string of the molecule is CO[C@@H]1CCC[C@@H](N(C)C(=O)c2cc(C(F)(F)F)n(C)n2)[C@H]1O. The number of likely N-dealkylation sites (N-methyl/N-ethyl adjacent to an activating group) is 1. The maximum absolute atomic E-state index is 12.8. The normalized spacial score (nSPS) is 25.4.